The van der Waals surface area contributed by atoms with Gasteiger partial charge in [0.15, 0.2) is 0 Å². The maximum absolute atomic E-state index is 12.3. The molecule has 1 aliphatic rings. The summed E-state index contributed by atoms with van der Waals surface area (Å²) in [7, 11) is 0. The molecule has 5 heteroatoms. The molecule has 19 heavy (non-hydrogen) atoms. The quantitative estimate of drug-likeness (QED) is 0.862. The molecular formula is C14H19F2NO2. The van der Waals surface area contributed by atoms with Gasteiger partial charge in [-0.3, -0.25) is 0 Å². The third-order valence-corrected chi connectivity index (χ3v) is 3.28. The lowest BCUT2D eigenvalue weighted by Gasteiger charge is -2.19. The zero-order valence-electron chi connectivity index (χ0n) is 10.9. The molecule has 0 saturated carbocycles. The highest BCUT2D eigenvalue weighted by Gasteiger charge is 2.18. The van der Waals surface area contributed by atoms with Crippen molar-refractivity contribution in [3.63, 3.8) is 0 Å². The van der Waals surface area contributed by atoms with Crippen LogP contribution >= 0.6 is 0 Å². The Morgan fingerprint density at radius 1 is 1.42 bits per heavy atom. The second-order valence-corrected chi connectivity index (χ2v) is 4.68. The summed E-state index contributed by atoms with van der Waals surface area (Å²) in [6.45, 7) is 0.671. The fourth-order valence-corrected chi connectivity index (χ4v) is 2.27. The SMILES string of the molecule is CC(NCC1CCCO1)c1ccccc1OC(F)F. The molecule has 0 spiro atoms. The number of ether oxygens (including phenoxy) is 2. The Bertz CT molecular complexity index is 395. The van der Waals surface area contributed by atoms with Crippen molar-refractivity contribution in [3.8, 4) is 5.75 Å². The summed E-state index contributed by atoms with van der Waals surface area (Å²) in [5, 5.41) is 3.30. The molecule has 2 atom stereocenters. The van der Waals surface area contributed by atoms with E-state index in [-0.39, 0.29) is 17.9 Å². The van der Waals surface area contributed by atoms with Crippen LogP contribution in [0.4, 0.5) is 8.78 Å². The van der Waals surface area contributed by atoms with Gasteiger partial charge in [-0.05, 0) is 25.8 Å². The van der Waals surface area contributed by atoms with Crippen molar-refractivity contribution in [2.75, 3.05) is 13.2 Å². The van der Waals surface area contributed by atoms with Crippen LogP contribution in [0.25, 0.3) is 0 Å². The van der Waals surface area contributed by atoms with Crippen molar-refractivity contribution < 1.29 is 18.3 Å². The minimum Gasteiger partial charge on any atom is -0.434 e. The van der Waals surface area contributed by atoms with E-state index in [1.54, 1.807) is 18.2 Å². The highest BCUT2D eigenvalue weighted by Crippen LogP contribution is 2.26. The second kappa shape index (κ2) is 6.82. The van der Waals surface area contributed by atoms with E-state index < -0.39 is 6.61 Å². The van der Waals surface area contributed by atoms with Crippen molar-refractivity contribution >= 4 is 0 Å². The average Bonchev–Trinajstić information content (AvgIpc) is 2.89. The van der Waals surface area contributed by atoms with Crippen LogP contribution in [-0.4, -0.2) is 25.9 Å². The average molecular weight is 271 g/mol. The lowest BCUT2D eigenvalue weighted by molar-refractivity contribution is -0.0507. The van der Waals surface area contributed by atoms with Crippen LogP contribution < -0.4 is 10.1 Å². The van der Waals surface area contributed by atoms with Gasteiger partial charge < -0.3 is 14.8 Å². The van der Waals surface area contributed by atoms with Crippen molar-refractivity contribution in [3.05, 3.63) is 29.8 Å². The van der Waals surface area contributed by atoms with Gasteiger partial charge in [-0.1, -0.05) is 18.2 Å². The van der Waals surface area contributed by atoms with Crippen LogP contribution in [0.15, 0.2) is 24.3 Å². The lowest BCUT2D eigenvalue weighted by Crippen LogP contribution is -2.29. The summed E-state index contributed by atoms with van der Waals surface area (Å²) in [6.07, 6.45) is 2.37. The number of alkyl halides is 2. The van der Waals surface area contributed by atoms with E-state index in [2.05, 4.69) is 10.1 Å². The summed E-state index contributed by atoms with van der Waals surface area (Å²) in [6, 6.07) is 6.81. The molecule has 106 valence electrons. The van der Waals surface area contributed by atoms with Crippen molar-refractivity contribution in [1.29, 1.82) is 0 Å². The minimum atomic E-state index is -2.80. The molecule has 0 radical (unpaired) electrons. The Labute approximate surface area is 111 Å². The van der Waals surface area contributed by atoms with Gasteiger partial charge in [0.1, 0.15) is 5.75 Å². The van der Waals surface area contributed by atoms with Crippen LogP contribution in [0, 0.1) is 0 Å². The number of halogens is 2. The van der Waals surface area contributed by atoms with E-state index in [9.17, 15) is 8.78 Å². The van der Waals surface area contributed by atoms with Gasteiger partial charge in [0.05, 0.1) is 6.10 Å². The van der Waals surface area contributed by atoms with Gasteiger partial charge in [-0.25, -0.2) is 0 Å². The summed E-state index contributed by atoms with van der Waals surface area (Å²) in [5.74, 6) is 0.227. The topological polar surface area (TPSA) is 30.5 Å². The van der Waals surface area contributed by atoms with Crippen LogP contribution in [0.2, 0.25) is 0 Å². The summed E-state index contributed by atoms with van der Waals surface area (Å²) in [4.78, 5) is 0. The molecule has 1 fully saturated rings. The van der Waals surface area contributed by atoms with Gasteiger partial charge >= 0.3 is 6.61 Å². The molecule has 0 bridgehead atoms. The zero-order valence-corrected chi connectivity index (χ0v) is 10.9. The normalized spacial score (nSPS) is 20.7. The van der Waals surface area contributed by atoms with Gasteiger partial charge in [-0.2, -0.15) is 8.78 Å². The first-order valence-corrected chi connectivity index (χ1v) is 6.55. The Morgan fingerprint density at radius 3 is 2.89 bits per heavy atom. The van der Waals surface area contributed by atoms with Crippen molar-refractivity contribution in [2.45, 2.75) is 38.5 Å². The molecule has 1 aromatic rings. The Hall–Kier alpha value is -1.20. The molecule has 3 nitrogen and oxygen atoms in total. The summed E-state index contributed by atoms with van der Waals surface area (Å²) >= 11 is 0. The van der Waals surface area contributed by atoms with Gasteiger partial charge in [0.25, 0.3) is 0 Å². The van der Waals surface area contributed by atoms with Crippen LogP contribution in [0.1, 0.15) is 31.4 Å². The maximum atomic E-state index is 12.3. The fourth-order valence-electron chi connectivity index (χ4n) is 2.27. The molecular weight excluding hydrogens is 252 g/mol. The second-order valence-electron chi connectivity index (χ2n) is 4.68. The number of benzene rings is 1. The first-order valence-electron chi connectivity index (χ1n) is 6.55. The van der Waals surface area contributed by atoms with E-state index in [1.165, 1.54) is 0 Å². The number of nitrogens with one attached hydrogen (secondary N) is 1. The Morgan fingerprint density at radius 2 is 2.21 bits per heavy atom. The Kier molecular flexibility index (Phi) is 5.10. The number of hydrogen-bond acceptors (Lipinski definition) is 3. The molecule has 2 rings (SSSR count). The molecule has 2 unspecified atom stereocenters. The van der Waals surface area contributed by atoms with Crippen LogP contribution in [0.3, 0.4) is 0 Å². The van der Waals surface area contributed by atoms with E-state index in [0.29, 0.717) is 0 Å². The number of hydrogen-bond donors (Lipinski definition) is 1. The van der Waals surface area contributed by atoms with E-state index in [4.69, 9.17) is 4.74 Å². The highest BCUT2D eigenvalue weighted by atomic mass is 19.3. The minimum absolute atomic E-state index is 0.0563. The van der Waals surface area contributed by atoms with Gasteiger partial charge in [0, 0.05) is 24.8 Å². The Balaban J connectivity index is 1.95. The van der Waals surface area contributed by atoms with E-state index in [1.807, 2.05) is 13.0 Å². The maximum Gasteiger partial charge on any atom is 0.387 e. The lowest BCUT2D eigenvalue weighted by atomic mass is 10.1. The molecule has 0 aliphatic carbocycles. The third kappa shape index (κ3) is 4.14. The van der Waals surface area contributed by atoms with Gasteiger partial charge in [0.2, 0.25) is 0 Å². The molecule has 1 aromatic carbocycles. The third-order valence-electron chi connectivity index (χ3n) is 3.28. The molecule has 1 N–H and O–H groups in total. The first-order chi connectivity index (χ1) is 9.16. The molecule has 1 saturated heterocycles. The summed E-state index contributed by atoms with van der Waals surface area (Å²) in [5.41, 5.74) is 0.737. The van der Waals surface area contributed by atoms with Crippen LogP contribution in [0.5, 0.6) is 5.75 Å². The highest BCUT2D eigenvalue weighted by molar-refractivity contribution is 5.35. The van der Waals surface area contributed by atoms with Crippen molar-refractivity contribution in [2.24, 2.45) is 0 Å². The standard InChI is InChI=1S/C14H19F2NO2/c1-10(17-9-11-5-4-8-18-11)12-6-2-3-7-13(12)19-14(15)16/h2-3,6-7,10-11,14,17H,4-5,8-9H2,1H3. The smallest absolute Gasteiger partial charge is 0.387 e. The molecule has 0 aromatic heterocycles. The predicted molar refractivity (Wildman–Crippen MR) is 68.5 cm³/mol. The molecule has 1 aliphatic heterocycles. The number of para-hydroxylation sites is 1. The summed E-state index contributed by atoms with van der Waals surface area (Å²) < 4.78 is 34.7. The molecule has 1 heterocycles. The van der Waals surface area contributed by atoms with Gasteiger partial charge in [-0.15, -0.1) is 0 Å². The molecule has 0 amide bonds. The van der Waals surface area contributed by atoms with E-state index in [0.717, 1.165) is 31.6 Å². The van der Waals surface area contributed by atoms with Crippen molar-refractivity contribution in [1.82, 2.24) is 5.32 Å². The van der Waals surface area contributed by atoms with E-state index >= 15 is 0 Å². The largest absolute Gasteiger partial charge is 0.434 e. The van der Waals surface area contributed by atoms with Crippen LogP contribution in [-0.2, 0) is 4.74 Å². The first kappa shape index (κ1) is 14.2. The number of rotatable bonds is 6. The fraction of sp³-hybridized carbons (Fsp3) is 0.571. The zero-order chi connectivity index (χ0) is 13.7. The monoisotopic (exact) mass is 271 g/mol. The predicted octanol–water partition coefficient (Wildman–Crippen LogP) is 3.12.